The second-order valence-corrected chi connectivity index (χ2v) is 6.62. The minimum Gasteiger partial charge on any atom is -0.302 e. The molecule has 0 spiro atoms. The smallest absolute Gasteiger partial charge is 0.148 e. The SMILES string of the molecule is CC(=O)C1CCN(CCS(C)(=O)=O)CC1. The van der Waals surface area contributed by atoms with Gasteiger partial charge in [-0.15, -0.1) is 0 Å². The maximum Gasteiger partial charge on any atom is 0.148 e. The van der Waals surface area contributed by atoms with E-state index in [1.165, 1.54) is 6.26 Å². The van der Waals surface area contributed by atoms with Crippen LogP contribution < -0.4 is 0 Å². The van der Waals surface area contributed by atoms with Gasteiger partial charge in [-0.2, -0.15) is 0 Å². The minimum absolute atomic E-state index is 0.194. The number of likely N-dealkylation sites (tertiary alicyclic amines) is 1. The van der Waals surface area contributed by atoms with E-state index in [1.54, 1.807) is 6.92 Å². The van der Waals surface area contributed by atoms with Gasteiger partial charge in [-0.25, -0.2) is 8.42 Å². The molecule has 0 amide bonds. The summed E-state index contributed by atoms with van der Waals surface area (Å²) in [6.07, 6.45) is 3.01. The first kappa shape index (κ1) is 12.6. The molecule has 0 aromatic heterocycles. The average molecular weight is 233 g/mol. The number of carbonyl (C=O) groups excluding carboxylic acids is 1. The average Bonchev–Trinajstić information content (AvgIpc) is 2.14. The zero-order valence-electron chi connectivity index (χ0n) is 9.40. The second kappa shape index (κ2) is 5.07. The van der Waals surface area contributed by atoms with E-state index in [1.807, 2.05) is 0 Å². The van der Waals surface area contributed by atoms with Crippen LogP contribution >= 0.6 is 0 Å². The lowest BCUT2D eigenvalue weighted by atomic mass is 9.93. The van der Waals surface area contributed by atoms with Crippen molar-refractivity contribution in [2.45, 2.75) is 19.8 Å². The molecule has 0 aromatic rings. The molecule has 0 N–H and O–H groups in total. The van der Waals surface area contributed by atoms with E-state index in [9.17, 15) is 13.2 Å². The summed E-state index contributed by atoms with van der Waals surface area (Å²) in [5, 5.41) is 0. The third kappa shape index (κ3) is 4.75. The number of Topliss-reactive ketones (excluding diaryl/α,β-unsaturated/α-hetero) is 1. The molecule has 0 unspecified atom stereocenters. The zero-order chi connectivity index (χ0) is 11.5. The van der Waals surface area contributed by atoms with E-state index in [-0.39, 0.29) is 17.5 Å². The first-order valence-corrected chi connectivity index (χ1v) is 7.35. The van der Waals surface area contributed by atoms with Crippen LogP contribution in [-0.4, -0.2) is 50.7 Å². The fraction of sp³-hybridized carbons (Fsp3) is 0.900. The van der Waals surface area contributed by atoms with Gasteiger partial charge >= 0.3 is 0 Å². The molecule has 1 heterocycles. The highest BCUT2D eigenvalue weighted by Crippen LogP contribution is 2.17. The molecule has 0 radical (unpaired) electrons. The van der Waals surface area contributed by atoms with Gasteiger partial charge in [0.15, 0.2) is 0 Å². The summed E-state index contributed by atoms with van der Waals surface area (Å²) in [6.45, 7) is 3.93. The molecule has 88 valence electrons. The van der Waals surface area contributed by atoms with Gasteiger partial charge in [-0.3, -0.25) is 4.79 Å². The first-order valence-electron chi connectivity index (χ1n) is 5.29. The maximum atomic E-state index is 11.1. The van der Waals surface area contributed by atoms with Crippen LogP contribution in [0, 0.1) is 5.92 Å². The van der Waals surface area contributed by atoms with Gasteiger partial charge in [0, 0.05) is 18.7 Å². The van der Waals surface area contributed by atoms with E-state index >= 15 is 0 Å². The lowest BCUT2D eigenvalue weighted by molar-refractivity contribution is -0.122. The Morgan fingerprint density at radius 1 is 1.33 bits per heavy atom. The molecule has 5 heteroatoms. The maximum absolute atomic E-state index is 11.1. The highest BCUT2D eigenvalue weighted by Gasteiger charge is 2.22. The van der Waals surface area contributed by atoms with Crippen molar-refractivity contribution in [3.63, 3.8) is 0 Å². The normalized spacial score (nSPS) is 20.4. The van der Waals surface area contributed by atoms with Crippen molar-refractivity contribution in [1.82, 2.24) is 4.90 Å². The molecule has 0 saturated carbocycles. The highest BCUT2D eigenvalue weighted by molar-refractivity contribution is 7.90. The minimum atomic E-state index is -2.86. The number of piperidine rings is 1. The summed E-state index contributed by atoms with van der Waals surface area (Å²) in [5.41, 5.74) is 0. The van der Waals surface area contributed by atoms with Crippen LogP contribution in [-0.2, 0) is 14.6 Å². The van der Waals surface area contributed by atoms with Gasteiger partial charge in [0.25, 0.3) is 0 Å². The van der Waals surface area contributed by atoms with Gasteiger partial charge < -0.3 is 4.90 Å². The molecule has 0 bridgehead atoms. The molecule has 1 saturated heterocycles. The van der Waals surface area contributed by atoms with E-state index in [2.05, 4.69) is 4.90 Å². The van der Waals surface area contributed by atoms with E-state index in [0.29, 0.717) is 6.54 Å². The number of ketones is 1. The van der Waals surface area contributed by atoms with Gasteiger partial charge in [0.05, 0.1) is 5.75 Å². The standard InChI is InChI=1S/C10H19NO3S/c1-9(12)10-3-5-11(6-4-10)7-8-15(2,13)14/h10H,3-8H2,1-2H3. The number of hydrogen-bond donors (Lipinski definition) is 0. The van der Waals surface area contributed by atoms with Crippen molar-refractivity contribution in [1.29, 1.82) is 0 Å². The van der Waals surface area contributed by atoms with E-state index < -0.39 is 9.84 Å². The van der Waals surface area contributed by atoms with Crippen molar-refractivity contribution in [2.24, 2.45) is 5.92 Å². The van der Waals surface area contributed by atoms with Crippen LogP contribution in [0.2, 0.25) is 0 Å². The molecular formula is C10H19NO3S. The number of sulfone groups is 1. The Morgan fingerprint density at radius 3 is 2.27 bits per heavy atom. The third-order valence-electron chi connectivity index (χ3n) is 2.94. The molecule has 0 aliphatic carbocycles. The zero-order valence-corrected chi connectivity index (χ0v) is 10.2. The van der Waals surface area contributed by atoms with Crippen LogP contribution in [0.4, 0.5) is 0 Å². The fourth-order valence-corrected chi connectivity index (χ4v) is 2.45. The Bertz CT molecular complexity index is 316. The number of rotatable bonds is 4. The predicted molar refractivity (Wildman–Crippen MR) is 59.6 cm³/mol. The molecule has 1 rings (SSSR count). The summed E-state index contributed by atoms with van der Waals surface area (Å²) in [4.78, 5) is 13.2. The number of nitrogens with zero attached hydrogens (tertiary/aromatic N) is 1. The van der Waals surface area contributed by atoms with Crippen molar-refractivity contribution < 1.29 is 13.2 Å². The Hall–Kier alpha value is -0.420. The van der Waals surface area contributed by atoms with Gasteiger partial charge in [-0.1, -0.05) is 0 Å². The van der Waals surface area contributed by atoms with E-state index in [4.69, 9.17) is 0 Å². The second-order valence-electron chi connectivity index (χ2n) is 4.36. The molecule has 0 atom stereocenters. The van der Waals surface area contributed by atoms with Crippen molar-refractivity contribution in [2.75, 3.05) is 31.6 Å². The fourth-order valence-electron chi connectivity index (χ4n) is 1.86. The van der Waals surface area contributed by atoms with Crippen LogP contribution in [0.3, 0.4) is 0 Å². The molecule has 15 heavy (non-hydrogen) atoms. The van der Waals surface area contributed by atoms with Crippen LogP contribution in [0.1, 0.15) is 19.8 Å². The highest BCUT2D eigenvalue weighted by atomic mass is 32.2. The molecular weight excluding hydrogens is 214 g/mol. The monoisotopic (exact) mass is 233 g/mol. The van der Waals surface area contributed by atoms with Crippen LogP contribution in [0.25, 0.3) is 0 Å². The van der Waals surface area contributed by atoms with Crippen molar-refractivity contribution in [3.8, 4) is 0 Å². The predicted octanol–water partition coefficient (Wildman–Crippen LogP) is 0.332. The summed E-state index contributed by atoms with van der Waals surface area (Å²) in [7, 11) is -2.86. The van der Waals surface area contributed by atoms with Gasteiger partial charge in [0.1, 0.15) is 15.6 Å². The van der Waals surface area contributed by atoms with Crippen LogP contribution in [0.15, 0.2) is 0 Å². The molecule has 1 fully saturated rings. The summed E-state index contributed by atoms with van der Waals surface area (Å²) in [6, 6.07) is 0. The Kier molecular flexibility index (Phi) is 4.28. The first-order chi connectivity index (χ1) is 6.88. The Labute approximate surface area is 91.6 Å². The molecule has 1 aliphatic heterocycles. The number of carbonyl (C=O) groups is 1. The Balaban J connectivity index is 2.29. The van der Waals surface area contributed by atoms with Crippen molar-refractivity contribution >= 4 is 15.6 Å². The van der Waals surface area contributed by atoms with Gasteiger partial charge in [-0.05, 0) is 32.9 Å². The molecule has 4 nitrogen and oxygen atoms in total. The number of hydrogen-bond acceptors (Lipinski definition) is 4. The summed E-state index contributed by atoms with van der Waals surface area (Å²) in [5.74, 6) is 0.676. The lowest BCUT2D eigenvalue weighted by Gasteiger charge is -2.30. The molecule has 1 aliphatic rings. The molecule has 0 aromatic carbocycles. The summed E-state index contributed by atoms with van der Waals surface area (Å²) >= 11 is 0. The van der Waals surface area contributed by atoms with Crippen LogP contribution in [0.5, 0.6) is 0 Å². The topological polar surface area (TPSA) is 54.5 Å². The lowest BCUT2D eigenvalue weighted by Crippen LogP contribution is -2.38. The third-order valence-corrected chi connectivity index (χ3v) is 3.86. The quantitative estimate of drug-likeness (QED) is 0.702. The van der Waals surface area contributed by atoms with Gasteiger partial charge in [0.2, 0.25) is 0 Å². The largest absolute Gasteiger partial charge is 0.302 e. The van der Waals surface area contributed by atoms with Crippen molar-refractivity contribution in [3.05, 3.63) is 0 Å². The Morgan fingerprint density at radius 2 is 1.87 bits per heavy atom. The van der Waals surface area contributed by atoms with E-state index in [0.717, 1.165) is 25.9 Å². The summed E-state index contributed by atoms with van der Waals surface area (Å²) < 4.78 is 21.9.